The van der Waals surface area contributed by atoms with Crippen molar-refractivity contribution in [3.05, 3.63) is 62.5 Å². The Hall–Kier alpha value is -2.87. The van der Waals surface area contributed by atoms with Crippen LogP contribution in [0, 0.1) is 17.7 Å². The van der Waals surface area contributed by atoms with Gasteiger partial charge in [-0.2, -0.15) is 0 Å². The van der Waals surface area contributed by atoms with Crippen LogP contribution in [0.25, 0.3) is 0 Å². The Morgan fingerprint density at radius 2 is 2.03 bits per heavy atom. The van der Waals surface area contributed by atoms with Crippen LogP contribution in [-0.2, 0) is 29.1 Å². The first kappa shape index (κ1) is 27.2. The Morgan fingerprint density at radius 1 is 1.27 bits per heavy atom. The van der Waals surface area contributed by atoms with Crippen molar-refractivity contribution in [2.75, 3.05) is 33.6 Å². The van der Waals surface area contributed by atoms with Gasteiger partial charge in [0.05, 0.1) is 32.0 Å². The van der Waals surface area contributed by atoms with Crippen molar-refractivity contribution in [3.63, 3.8) is 0 Å². The number of nitrogens with zero attached hydrogens (tertiary/aromatic N) is 3. The minimum atomic E-state index is -3.59. The van der Waals surface area contributed by atoms with Crippen LogP contribution in [0.5, 0.6) is 0 Å². The Kier molecular flexibility index (Phi) is 7.97. The molecule has 4 rings (SSSR count). The first-order valence-corrected chi connectivity index (χ1v) is 14.2. The molecule has 0 amide bonds. The van der Waals surface area contributed by atoms with Crippen LogP contribution in [0.4, 0.5) is 4.39 Å². The Balaban J connectivity index is 1.91. The molecule has 0 aliphatic carbocycles. The summed E-state index contributed by atoms with van der Waals surface area (Å²) in [6, 6.07) is 2.75. The Labute approximate surface area is 222 Å². The number of aromatic nitrogens is 1. The number of rotatable bonds is 6. The van der Waals surface area contributed by atoms with Gasteiger partial charge in [-0.25, -0.2) is 26.9 Å². The van der Waals surface area contributed by atoms with Crippen LogP contribution in [0.3, 0.4) is 0 Å². The number of carbonyl (C=O) groups excluding carboxylic acids is 2. The number of thiazole rings is 1. The molecule has 37 heavy (non-hydrogen) atoms. The van der Waals surface area contributed by atoms with E-state index in [1.165, 1.54) is 42.0 Å². The van der Waals surface area contributed by atoms with Crippen molar-refractivity contribution in [2.45, 2.75) is 12.5 Å². The largest absolute Gasteiger partial charge is 0.469 e. The van der Waals surface area contributed by atoms with Gasteiger partial charge in [0.15, 0.2) is 10.8 Å². The number of halogens is 2. The van der Waals surface area contributed by atoms with Gasteiger partial charge in [-0.05, 0) is 18.6 Å². The molecule has 3 heterocycles. The predicted octanol–water partition coefficient (Wildman–Crippen LogP) is 2.52. The smallest absolute Gasteiger partial charge is 0.338 e. The van der Waals surface area contributed by atoms with Crippen LogP contribution in [0.15, 0.2) is 46.0 Å². The fraction of sp³-hybridized carbons (Fsp3) is 0.391. The number of esters is 2. The number of allylic oxidation sites excluding steroid dienone is 1. The van der Waals surface area contributed by atoms with Crippen molar-refractivity contribution in [1.29, 1.82) is 0 Å². The molecule has 14 heteroatoms. The van der Waals surface area contributed by atoms with Gasteiger partial charge in [-0.1, -0.05) is 17.7 Å². The molecule has 198 valence electrons. The van der Waals surface area contributed by atoms with E-state index in [-0.39, 0.29) is 30.1 Å². The predicted molar refractivity (Wildman–Crippen MR) is 135 cm³/mol. The number of ether oxygens (including phenoxy) is 2. The zero-order valence-corrected chi connectivity index (χ0v) is 22.5. The number of aliphatic imine (C=N–C) groups is 1. The van der Waals surface area contributed by atoms with Gasteiger partial charge in [0.1, 0.15) is 11.9 Å². The van der Waals surface area contributed by atoms with E-state index in [9.17, 15) is 22.4 Å². The number of hydrogen-bond donors (Lipinski definition) is 1. The van der Waals surface area contributed by atoms with Crippen molar-refractivity contribution in [2.24, 2.45) is 16.8 Å². The number of carbonyl (C=O) groups is 2. The Morgan fingerprint density at radius 3 is 2.62 bits per heavy atom. The van der Waals surface area contributed by atoms with Gasteiger partial charge < -0.3 is 14.8 Å². The fourth-order valence-corrected chi connectivity index (χ4v) is 6.28. The summed E-state index contributed by atoms with van der Waals surface area (Å²) in [6.45, 7) is -0.0240. The lowest BCUT2D eigenvalue weighted by Crippen LogP contribution is -2.50. The van der Waals surface area contributed by atoms with Crippen molar-refractivity contribution < 1.29 is 31.9 Å². The first-order chi connectivity index (χ1) is 17.5. The molecule has 1 N–H and O–H groups in total. The fourth-order valence-electron chi connectivity index (χ4n) is 4.55. The lowest BCUT2D eigenvalue weighted by atomic mass is 9.79. The summed E-state index contributed by atoms with van der Waals surface area (Å²) in [6.07, 6.45) is 2.86. The highest BCUT2D eigenvalue weighted by Crippen LogP contribution is 2.41. The van der Waals surface area contributed by atoms with E-state index in [2.05, 4.69) is 10.3 Å². The van der Waals surface area contributed by atoms with Gasteiger partial charge in [0, 0.05) is 46.9 Å². The number of hydrogen-bond acceptors (Lipinski definition) is 10. The van der Waals surface area contributed by atoms with E-state index < -0.39 is 45.7 Å². The molecule has 10 nitrogen and oxygen atoms in total. The summed E-state index contributed by atoms with van der Waals surface area (Å²) >= 11 is 7.69. The molecule has 0 bridgehead atoms. The van der Waals surface area contributed by atoms with E-state index in [1.807, 2.05) is 0 Å². The molecule has 1 saturated heterocycles. The molecule has 1 aromatic carbocycles. The van der Waals surface area contributed by atoms with E-state index in [4.69, 9.17) is 26.1 Å². The second-order valence-electron chi connectivity index (χ2n) is 8.47. The first-order valence-electron chi connectivity index (χ1n) is 11.1. The molecule has 1 aromatic heterocycles. The van der Waals surface area contributed by atoms with Crippen LogP contribution >= 0.6 is 22.9 Å². The standard InChI is InChI=1S/C23H24ClFN4O6S2/c1-34-22(30)15-11-29(37(3,32)33)8-6-13(15)18-17(23(31)35-2)19(14-5-4-12(25)10-16(14)24)28-20(27-18)21-26-7-9-36-21/h4-5,7,9-10,13,15,19H,6,8,11H2,1-3H3,(H,27,28). The second-order valence-corrected chi connectivity index (χ2v) is 11.8. The summed E-state index contributed by atoms with van der Waals surface area (Å²) in [4.78, 5) is 35.1. The highest BCUT2D eigenvalue weighted by molar-refractivity contribution is 7.88. The maximum atomic E-state index is 13.9. The monoisotopic (exact) mass is 570 g/mol. The molecule has 3 atom stereocenters. The van der Waals surface area contributed by atoms with Crippen molar-refractivity contribution in [1.82, 2.24) is 14.6 Å². The SMILES string of the molecule is COC(=O)C1=C(C2CCN(S(C)(=O)=O)CC2C(=O)OC)NC(c2nccs2)=NC1c1ccc(F)cc1Cl. The number of sulfonamides is 1. The summed E-state index contributed by atoms with van der Waals surface area (Å²) in [7, 11) is -1.16. The number of nitrogens with one attached hydrogen (secondary N) is 1. The van der Waals surface area contributed by atoms with Gasteiger partial charge in [-0.3, -0.25) is 9.79 Å². The van der Waals surface area contributed by atoms with Crippen LogP contribution in [0.1, 0.15) is 23.0 Å². The normalized spacial score (nSPS) is 22.7. The third kappa shape index (κ3) is 5.54. The third-order valence-corrected chi connectivity index (χ3v) is 8.67. The van der Waals surface area contributed by atoms with Crippen LogP contribution in [-0.4, -0.2) is 69.0 Å². The number of piperidine rings is 1. The number of benzene rings is 1. The molecule has 2 aromatic rings. The average molecular weight is 571 g/mol. The van der Waals surface area contributed by atoms with E-state index in [0.717, 1.165) is 12.3 Å². The molecule has 0 spiro atoms. The zero-order chi connectivity index (χ0) is 26.9. The van der Waals surface area contributed by atoms with Crippen LogP contribution < -0.4 is 5.32 Å². The molecule has 0 saturated carbocycles. The summed E-state index contributed by atoms with van der Waals surface area (Å²) in [5.74, 6) is -3.20. The molecule has 1 fully saturated rings. The van der Waals surface area contributed by atoms with Gasteiger partial charge in [0.2, 0.25) is 10.0 Å². The topological polar surface area (TPSA) is 127 Å². The Bertz CT molecular complexity index is 1380. The lowest BCUT2D eigenvalue weighted by molar-refractivity contribution is -0.148. The van der Waals surface area contributed by atoms with Crippen molar-refractivity contribution >= 4 is 50.7 Å². The van der Waals surface area contributed by atoms with E-state index in [1.54, 1.807) is 11.6 Å². The lowest BCUT2D eigenvalue weighted by Gasteiger charge is -2.39. The van der Waals surface area contributed by atoms with Gasteiger partial charge in [-0.15, -0.1) is 11.3 Å². The zero-order valence-electron chi connectivity index (χ0n) is 20.1. The quantitative estimate of drug-likeness (QED) is 0.525. The molecular weight excluding hydrogens is 547 g/mol. The van der Waals surface area contributed by atoms with E-state index in [0.29, 0.717) is 22.1 Å². The minimum Gasteiger partial charge on any atom is -0.469 e. The maximum Gasteiger partial charge on any atom is 0.338 e. The highest BCUT2D eigenvalue weighted by Gasteiger charge is 2.44. The van der Waals surface area contributed by atoms with Crippen LogP contribution in [0.2, 0.25) is 5.02 Å². The number of amidine groups is 1. The van der Waals surface area contributed by atoms with Crippen molar-refractivity contribution in [3.8, 4) is 0 Å². The molecule has 3 unspecified atom stereocenters. The van der Waals surface area contributed by atoms with E-state index >= 15 is 0 Å². The number of methoxy groups -OCH3 is 2. The molecular formula is C23H24ClFN4O6S2. The third-order valence-electron chi connectivity index (χ3n) is 6.29. The minimum absolute atomic E-state index is 0.0475. The molecule has 2 aliphatic rings. The van der Waals surface area contributed by atoms with Gasteiger partial charge in [0.25, 0.3) is 0 Å². The highest BCUT2D eigenvalue weighted by atomic mass is 35.5. The van der Waals surface area contributed by atoms with Gasteiger partial charge >= 0.3 is 11.9 Å². The average Bonchev–Trinajstić information content (AvgIpc) is 3.41. The summed E-state index contributed by atoms with van der Waals surface area (Å²) in [5.41, 5.74) is 0.740. The summed E-state index contributed by atoms with van der Waals surface area (Å²) < 4.78 is 49.7. The summed E-state index contributed by atoms with van der Waals surface area (Å²) in [5, 5.41) is 5.47. The maximum absolute atomic E-state index is 13.9. The molecule has 0 radical (unpaired) electrons. The molecule has 2 aliphatic heterocycles. The second kappa shape index (κ2) is 10.9.